The lowest BCUT2D eigenvalue weighted by molar-refractivity contribution is 0.484. The number of imidazole rings is 1. The molecule has 2 aromatic heterocycles. The van der Waals surface area contributed by atoms with Crippen molar-refractivity contribution < 1.29 is 4.42 Å². The fourth-order valence-corrected chi connectivity index (χ4v) is 2.83. The summed E-state index contributed by atoms with van der Waals surface area (Å²) in [7, 11) is 0. The average Bonchev–Trinajstić information content (AvgIpc) is 3.18. The minimum Gasteiger partial charge on any atom is -0.460 e. The van der Waals surface area contributed by atoms with Crippen LogP contribution in [-0.2, 0) is 13.1 Å². The SMILES string of the molecule is Clc1ccc(-c2ccc(CNCCCn3ccnc3)o2)c(Cl)c1. The second kappa shape index (κ2) is 7.68. The van der Waals surface area contributed by atoms with E-state index in [4.69, 9.17) is 27.6 Å². The quantitative estimate of drug-likeness (QED) is 0.632. The van der Waals surface area contributed by atoms with Crippen molar-refractivity contribution in [1.82, 2.24) is 14.9 Å². The zero-order chi connectivity index (χ0) is 16.1. The molecule has 0 aliphatic heterocycles. The summed E-state index contributed by atoms with van der Waals surface area (Å²) in [5, 5.41) is 4.58. The van der Waals surface area contributed by atoms with Crippen LogP contribution in [0.4, 0.5) is 0 Å². The molecule has 0 saturated carbocycles. The summed E-state index contributed by atoms with van der Waals surface area (Å²) in [6.07, 6.45) is 6.62. The van der Waals surface area contributed by atoms with Crippen molar-refractivity contribution in [1.29, 1.82) is 0 Å². The molecule has 0 fully saturated rings. The van der Waals surface area contributed by atoms with Crippen LogP contribution in [0.1, 0.15) is 12.2 Å². The van der Waals surface area contributed by atoms with E-state index in [0.29, 0.717) is 16.6 Å². The Hall–Kier alpha value is -1.75. The van der Waals surface area contributed by atoms with Crippen LogP contribution in [0.25, 0.3) is 11.3 Å². The number of furan rings is 1. The van der Waals surface area contributed by atoms with E-state index < -0.39 is 0 Å². The second-order valence-corrected chi connectivity index (χ2v) is 6.06. The number of aryl methyl sites for hydroxylation is 1. The fraction of sp³-hybridized carbons (Fsp3) is 0.235. The summed E-state index contributed by atoms with van der Waals surface area (Å²) in [5.41, 5.74) is 0.849. The van der Waals surface area contributed by atoms with Gasteiger partial charge >= 0.3 is 0 Å². The zero-order valence-corrected chi connectivity index (χ0v) is 14.0. The number of aromatic nitrogens is 2. The smallest absolute Gasteiger partial charge is 0.135 e. The zero-order valence-electron chi connectivity index (χ0n) is 12.5. The molecule has 1 N–H and O–H groups in total. The lowest BCUT2D eigenvalue weighted by atomic mass is 10.2. The number of benzene rings is 1. The Morgan fingerprint density at radius 1 is 1.17 bits per heavy atom. The summed E-state index contributed by atoms with van der Waals surface area (Å²) in [6, 6.07) is 9.28. The van der Waals surface area contributed by atoms with E-state index in [1.54, 1.807) is 18.3 Å². The molecule has 0 amide bonds. The molecular weight excluding hydrogens is 333 g/mol. The molecule has 6 heteroatoms. The maximum atomic E-state index is 6.20. The molecule has 3 aromatic rings. The molecule has 0 unspecified atom stereocenters. The lowest BCUT2D eigenvalue weighted by Gasteiger charge is -2.04. The summed E-state index contributed by atoms with van der Waals surface area (Å²) in [5.74, 6) is 1.63. The second-order valence-electron chi connectivity index (χ2n) is 5.22. The number of nitrogens with zero attached hydrogens (tertiary/aromatic N) is 2. The van der Waals surface area contributed by atoms with Crippen LogP contribution in [0.5, 0.6) is 0 Å². The summed E-state index contributed by atoms with van der Waals surface area (Å²) in [4.78, 5) is 4.02. The summed E-state index contributed by atoms with van der Waals surface area (Å²) >= 11 is 12.1. The average molecular weight is 350 g/mol. The van der Waals surface area contributed by atoms with Crippen LogP contribution in [0.15, 0.2) is 53.5 Å². The van der Waals surface area contributed by atoms with E-state index in [1.165, 1.54) is 0 Å². The number of halogens is 2. The maximum absolute atomic E-state index is 6.20. The van der Waals surface area contributed by atoms with Gasteiger partial charge in [-0.05, 0) is 43.3 Å². The van der Waals surface area contributed by atoms with Crippen LogP contribution in [0.2, 0.25) is 10.0 Å². The van der Waals surface area contributed by atoms with Gasteiger partial charge in [0.1, 0.15) is 11.5 Å². The summed E-state index contributed by atoms with van der Waals surface area (Å²) in [6.45, 7) is 2.56. The Labute approximate surface area is 145 Å². The third kappa shape index (κ3) is 4.38. The number of hydrogen-bond donors (Lipinski definition) is 1. The highest BCUT2D eigenvalue weighted by molar-refractivity contribution is 6.36. The van der Waals surface area contributed by atoms with Crippen LogP contribution in [0, 0.1) is 0 Å². The van der Waals surface area contributed by atoms with Crippen molar-refractivity contribution >= 4 is 23.2 Å². The van der Waals surface area contributed by atoms with Gasteiger partial charge in [0.25, 0.3) is 0 Å². The molecule has 4 nitrogen and oxygen atoms in total. The maximum Gasteiger partial charge on any atom is 0.135 e. The van der Waals surface area contributed by atoms with Gasteiger partial charge in [-0.15, -0.1) is 0 Å². The Bertz CT molecular complexity index is 753. The first-order chi connectivity index (χ1) is 11.2. The fourth-order valence-electron chi connectivity index (χ4n) is 2.32. The molecule has 0 saturated heterocycles. The van der Waals surface area contributed by atoms with E-state index in [9.17, 15) is 0 Å². The van der Waals surface area contributed by atoms with Gasteiger partial charge in [0, 0.05) is 29.5 Å². The van der Waals surface area contributed by atoms with Gasteiger partial charge < -0.3 is 14.3 Å². The van der Waals surface area contributed by atoms with Gasteiger partial charge in [-0.2, -0.15) is 0 Å². The van der Waals surface area contributed by atoms with Crippen LogP contribution < -0.4 is 5.32 Å². The Balaban J connectivity index is 1.49. The molecule has 0 spiro atoms. The predicted octanol–water partition coefficient (Wildman–Crippen LogP) is 4.63. The number of rotatable bonds is 7. The van der Waals surface area contributed by atoms with Crippen molar-refractivity contribution in [3.63, 3.8) is 0 Å². The van der Waals surface area contributed by atoms with Gasteiger partial charge in [0.2, 0.25) is 0 Å². The first-order valence-electron chi connectivity index (χ1n) is 7.43. The molecule has 0 aliphatic rings. The third-order valence-corrected chi connectivity index (χ3v) is 4.03. The van der Waals surface area contributed by atoms with E-state index in [-0.39, 0.29) is 0 Å². The minimum atomic E-state index is 0.590. The molecule has 3 rings (SSSR count). The molecule has 0 atom stereocenters. The molecule has 0 bridgehead atoms. The van der Waals surface area contributed by atoms with Gasteiger partial charge in [-0.3, -0.25) is 0 Å². The van der Waals surface area contributed by atoms with Gasteiger partial charge in [-0.25, -0.2) is 4.98 Å². The normalized spacial score (nSPS) is 11.0. The number of nitrogens with one attached hydrogen (secondary N) is 1. The van der Waals surface area contributed by atoms with E-state index in [2.05, 4.69) is 14.9 Å². The third-order valence-electron chi connectivity index (χ3n) is 3.49. The van der Waals surface area contributed by atoms with E-state index in [0.717, 1.165) is 36.6 Å². The van der Waals surface area contributed by atoms with Crippen molar-refractivity contribution in [2.24, 2.45) is 0 Å². The first kappa shape index (κ1) is 16.1. The van der Waals surface area contributed by atoms with E-state index >= 15 is 0 Å². The Kier molecular flexibility index (Phi) is 5.39. The Morgan fingerprint density at radius 2 is 2.09 bits per heavy atom. The largest absolute Gasteiger partial charge is 0.460 e. The van der Waals surface area contributed by atoms with Gasteiger partial charge in [0.05, 0.1) is 17.9 Å². The molecule has 0 radical (unpaired) electrons. The molecule has 2 heterocycles. The lowest BCUT2D eigenvalue weighted by Crippen LogP contribution is -2.15. The highest BCUT2D eigenvalue weighted by Gasteiger charge is 2.09. The monoisotopic (exact) mass is 349 g/mol. The van der Waals surface area contributed by atoms with Gasteiger partial charge in [0.15, 0.2) is 0 Å². The first-order valence-corrected chi connectivity index (χ1v) is 8.18. The highest BCUT2D eigenvalue weighted by Crippen LogP contribution is 2.31. The highest BCUT2D eigenvalue weighted by atomic mass is 35.5. The topological polar surface area (TPSA) is 43.0 Å². The van der Waals surface area contributed by atoms with Crippen LogP contribution in [-0.4, -0.2) is 16.1 Å². The van der Waals surface area contributed by atoms with E-state index in [1.807, 2.05) is 30.7 Å². The molecular formula is C17H17Cl2N3O. The Morgan fingerprint density at radius 3 is 2.87 bits per heavy atom. The van der Waals surface area contributed by atoms with Crippen molar-refractivity contribution in [3.05, 3.63) is 64.9 Å². The standard InChI is InChI=1S/C17H17Cl2N3O/c18-13-2-4-15(16(19)10-13)17-5-3-14(23-17)11-20-6-1-8-22-9-7-21-12-22/h2-5,7,9-10,12,20H,1,6,8,11H2. The predicted molar refractivity (Wildman–Crippen MR) is 92.7 cm³/mol. The minimum absolute atomic E-state index is 0.590. The van der Waals surface area contributed by atoms with Crippen LogP contribution in [0.3, 0.4) is 0 Å². The van der Waals surface area contributed by atoms with Crippen molar-refractivity contribution in [2.45, 2.75) is 19.5 Å². The number of hydrogen-bond acceptors (Lipinski definition) is 3. The van der Waals surface area contributed by atoms with Crippen molar-refractivity contribution in [3.8, 4) is 11.3 Å². The molecule has 1 aromatic carbocycles. The van der Waals surface area contributed by atoms with Gasteiger partial charge in [-0.1, -0.05) is 23.2 Å². The molecule has 120 valence electrons. The molecule has 23 heavy (non-hydrogen) atoms. The molecule has 0 aliphatic carbocycles. The van der Waals surface area contributed by atoms with Crippen LogP contribution >= 0.6 is 23.2 Å². The van der Waals surface area contributed by atoms with Crippen molar-refractivity contribution in [2.75, 3.05) is 6.54 Å². The summed E-state index contributed by atoms with van der Waals surface area (Å²) < 4.78 is 7.90.